The van der Waals surface area contributed by atoms with Crippen LogP contribution in [0.15, 0.2) is 66.9 Å². The van der Waals surface area contributed by atoms with Gasteiger partial charge >= 0.3 is 0 Å². The van der Waals surface area contributed by atoms with Crippen LogP contribution in [0, 0.1) is 6.92 Å². The average Bonchev–Trinajstić information content (AvgIpc) is 2.65. The Balaban J connectivity index is 1.58. The fraction of sp³-hybridized carbons (Fsp3) is 0.143. The third-order valence-electron chi connectivity index (χ3n) is 3.87. The minimum atomic E-state index is -0.0656. The van der Waals surface area contributed by atoms with E-state index in [4.69, 9.17) is 4.74 Å². The van der Waals surface area contributed by atoms with E-state index in [1.807, 2.05) is 67.6 Å². The predicted octanol–water partition coefficient (Wildman–Crippen LogP) is 4.32. The van der Waals surface area contributed by atoms with Crippen LogP contribution in [0.1, 0.15) is 11.1 Å². The van der Waals surface area contributed by atoms with E-state index in [1.54, 1.807) is 13.3 Å². The highest BCUT2D eigenvalue weighted by Crippen LogP contribution is 2.21. The summed E-state index contributed by atoms with van der Waals surface area (Å²) in [4.78, 5) is 16.5. The van der Waals surface area contributed by atoms with E-state index in [0.717, 1.165) is 17.0 Å². The number of nitrogens with zero attached hydrogens (tertiary/aromatic N) is 1. The highest BCUT2D eigenvalue weighted by molar-refractivity contribution is 5.92. The molecule has 0 aliphatic carbocycles. The second-order valence-electron chi connectivity index (χ2n) is 6.00. The number of carbonyl (C=O) groups excluding carboxylic acids is 1. The molecule has 5 heteroatoms. The number of benzene rings is 2. The van der Waals surface area contributed by atoms with Crippen molar-refractivity contribution in [2.75, 3.05) is 17.7 Å². The first kappa shape index (κ1) is 17.5. The Hall–Kier alpha value is -3.34. The molecule has 0 aliphatic heterocycles. The molecule has 0 aliphatic rings. The van der Waals surface area contributed by atoms with Gasteiger partial charge in [0.25, 0.3) is 0 Å². The van der Waals surface area contributed by atoms with E-state index in [2.05, 4.69) is 15.6 Å². The van der Waals surface area contributed by atoms with Gasteiger partial charge in [0.05, 0.1) is 25.4 Å². The lowest BCUT2D eigenvalue weighted by Crippen LogP contribution is -2.14. The molecular formula is C21H21N3O2. The molecule has 0 fully saturated rings. The number of methoxy groups -OCH3 is 1. The Morgan fingerprint density at radius 2 is 1.85 bits per heavy atom. The minimum absolute atomic E-state index is 0.0656. The van der Waals surface area contributed by atoms with Gasteiger partial charge in [-0.1, -0.05) is 35.9 Å². The van der Waals surface area contributed by atoms with Gasteiger partial charge in [-0.2, -0.15) is 0 Å². The predicted molar refractivity (Wildman–Crippen MR) is 104 cm³/mol. The van der Waals surface area contributed by atoms with E-state index in [9.17, 15) is 4.79 Å². The first-order chi connectivity index (χ1) is 12.6. The molecule has 3 rings (SSSR count). The molecule has 1 heterocycles. The van der Waals surface area contributed by atoms with E-state index in [-0.39, 0.29) is 5.91 Å². The Labute approximate surface area is 153 Å². The fourth-order valence-electron chi connectivity index (χ4n) is 2.49. The number of aryl methyl sites for hydroxylation is 1. The zero-order chi connectivity index (χ0) is 18.4. The molecule has 0 unspecified atom stereocenters. The Morgan fingerprint density at radius 1 is 1.04 bits per heavy atom. The normalized spacial score (nSPS) is 10.2. The zero-order valence-electron chi connectivity index (χ0n) is 14.8. The number of ether oxygens (including phenoxy) is 1. The number of nitrogens with one attached hydrogen (secondary N) is 2. The van der Waals surface area contributed by atoms with Crippen molar-refractivity contribution < 1.29 is 9.53 Å². The molecule has 5 nitrogen and oxygen atoms in total. The van der Waals surface area contributed by atoms with Crippen LogP contribution in [0.2, 0.25) is 0 Å². The van der Waals surface area contributed by atoms with Gasteiger partial charge in [-0.3, -0.25) is 4.79 Å². The van der Waals surface area contributed by atoms with Gasteiger partial charge in [0, 0.05) is 11.8 Å². The summed E-state index contributed by atoms with van der Waals surface area (Å²) in [6, 6.07) is 19.2. The summed E-state index contributed by atoms with van der Waals surface area (Å²) >= 11 is 0. The molecule has 3 aromatic rings. The molecule has 0 bridgehead atoms. The van der Waals surface area contributed by atoms with Crippen LogP contribution in [0.5, 0.6) is 5.75 Å². The smallest absolute Gasteiger partial charge is 0.228 e. The van der Waals surface area contributed by atoms with Crippen molar-refractivity contribution in [1.29, 1.82) is 0 Å². The second kappa shape index (κ2) is 8.16. The van der Waals surface area contributed by atoms with Gasteiger partial charge in [-0.15, -0.1) is 0 Å². The molecule has 2 aromatic carbocycles. The van der Waals surface area contributed by atoms with Crippen molar-refractivity contribution in [1.82, 2.24) is 4.98 Å². The SMILES string of the molecule is COc1cccc(Nc2ccc(NC(=O)Cc3ccc(C)cc3)cn2)c1. The first-order valence-electron chi connectivity index (χ1n) is 8.35. The fourth-order valence-corrected chi connectivity index (χ4v) is 2.49. The van der Waals surface area contributed by atoms with E-state index >= 15 is 0 Å². The monoisotopic (exact) mass is 347 g/mol. The van der Waals surface area contributed by atoms with Crippen molar-refractivity contribution in [3.05, 3.63) is 78.0 Å². The summed E-state index contributed by atoms with van der Waals surface area (Å²) in [5.41, 5.74) is 3.71. The van der Waals surface area contributed by atoms with Gasteiger partial charge in [0.1, 0.15) is 11.6 Å². The molecular weight excluding hydrogens is 326 g/mol. The van der Waals surface area contributed by atoms with Gasteiger partial charge in [0.2, 0.25) is 5.91 Å². The van der Waals surface area contributed by atoms with Crippen molar-refractivity contribution in [3.8, 4) is 5.75 Å². The summed E-state index contributed by atoms with van der Waals surface area (Å²) in [5.74, 6) is 1.40. The number of aromatic nitrogens is 1. The van der Waals surface area contributed by atoms with Crippen molar-refractivity contribution >= 4 is 23.1 Å². The van der Waals surface area contributed by atoms with Crippen LogP contribution in [-0.2, 0) is 11.2 Å². The lowest BCUT2D eigenvalue weighted by atomic mass is 10.1. The number of rotatable bonds is 6. The summed E-state index contributed by atoms with van der Waals surface area (Å²) < 4.78 is 5.20. The van der Waals surface area contributed by atoms with Crippen LogP contribution >= 0.6 is 0 Å². The largest absolute Gasteiger partial charge is 0.497 e. The van der Waals surface area contributed by atoms with Crippen LogP contribution in [0.25, 0.3) is 0 Å². The van der Waals surface area contributed by atoms with E-state index in [0.29, 0.717) is 17.9 Å². The number of amides is 1. The molecule has 26 heavy (non-hydrogen) atoms. The van der Waals surface area contributed by atoms with E-state index < -0.39 is 0 Å². The molecule has 0 saturated carbocycles. The lowest BCUT2D eigenvalue weighted by molar-refractivity contribution is -0.115. The second-order valence-corrected chi connectivity index (χ2v) is 6.00. The number of hydrogen-bond donors (Lipinski definition) is 2. The molecule has 2 N–H and O–H groups in total. The third kappa shape index (κ3) is 4.83. The lowest BCUT2D eigenvalue weighted by Gasteiger charge is -2.09. The van der Waals surface area contributed by atoms with Crippen molar-refractivity contribution in [2.24, 2.45) is 0 Å². The summed E-state index contributed by atoms with van der Waals surface area (Å²) in [6.45, 7) is 2.02. The molecule has 1 aromatic heterocycles. The molecule has 0 saturated heterocycles. The third-order valence-corrected chi connectivity index (χ3v) is 3.87. The van der Waals surface area contributed by atoms with E-state index in [1.165, 1.54) is 5.56 Å². The summed E-state index contributed by atoms with van der Waals surface area (Å²) in [7, 11) is 1.63. The minimum Gasteiger partial charge on any atom is -0.497 e. The number of pyridine rings is 1. The van der Waals surface area contributed by atoms with Gasteiger partial charge in [-0.25, -0.2) is 4.98 Å². The van der Waals surface area contributed by atoms with Gasteiger partial charge in [-0.05, 0) is 36.8 Å². The quantitative estimate of drug-likeness (QED) is 0.697. The number of anilines is 3. The zero-order valence-corrected chi connectivity index (χ0v) is 14.8. The highest BCUT2D eigenvalue weighted by atomic mass is 16.5. The van der Waals surface area contributed by atoms with Crippen LogP contribution in [0.3, 0.4) is 0 Å². The molecule has 0 radical (unpaired) electrons. The van der Waals surface area contributed by atoms with Gasteiger partial charge in [0.15, 0.2) is 0 Å². The summed E-state index contributed by atoms with van der Waals surface area (Å²) in [5, 5.41) is 6.07. The van der Waals surface area contributed by atoms with Crippen molar-refractivity contribution in [3.63, 3.8) is 0 Å². The maximum absolute atomic E-state index is 12.1. The highest BCUT2D eigenvalue weighted by Gasteiger charge is 2.05. The van der Waals surface area contributed by atoms with Crippen LogP contribution < -0.4 is 15.4 Å². The molecule has 0 spiro atoms. The van der Waals surface area contributed by atoms with Crippen molar-refractivity contribution in [2.45, 2.75) is 13.3 Å². The first-order valence-corrected chi connectivity index (χ1v) is 8.35. The van der Waals surface area contributed by atoms with Crippen LogP contribution in [-0.4, -0.2) is 18.0 Å². The molecule has 132 valence electrons. The van der Waals surface area contributed by atoms with Crippen LogP contribution in [0.4, 0.5) is 17.2 Å². The summed E-state index contributed by atoms with van der Waals surface area (Å²) in [6.07, 6.45) is 1.97. The average molecular weight is 347 g/mol. The molecule has 1 amide bonds. The maximum atomic E-state index is 12.1. The Kier molecular flexibility index (Phi) is 5.49. The molecule has 0 atom stereocenters. The standard InChI is InChI=1S/C21H21N3O2/c1-15-6-8-16(9-7-15)12-21(25)24-18-10-11-20(22-14-18)23-17-4-3-5-19(13-17)26-2/h3-11,13-14H,12H2,1-2H3,(H,22,23)(H,24,25). The Bertz CT molecular complexity index is 875. The maximum Gasteiger partial charge on any atom is 0.228 e. The number of hydrogen-bond acceptors (Lipinski definition) is 4. The Morgan fingerprint density at radius 3 is 2.54 bits per heavy atom. The topological polar surface area (TPSA) is 63.2 Å². The number of carbonyl (C=O) groups is 1. The van der Waals surface area contributed by atoms with Gasteiger partial charge < -0.3 is 15.4 Å².